The van der Waals surface area contributed by atoms with Gasteiger partial charge in [0.2, 0.25) is 0 Å². The van der Waals surface area contributed by atoms with Crippen LogP contribution in [0.3, 0.4) is 0 Å². The van der Waals surface area contributed by atoms with Crippen molar-refractivity contribution in [1.82, 2.24) is 8.75 Å². The number of unbranched alkanes of at least 4 members (excludes halogenated alkanes) is 54. The number of nitrogens with zero attached hydrogens (tertiary/aromatic N) is 2. The molecule has 1 aromatic carbocycles. The third-order valence-corrected chi connectivity index (χ3v) is 27.9. The Morgan fingerprint density at radius 3 is 0.727 bits per heavy atom. The average molecular weight is 1450 g/mol. The fraction of sp³-hybridized carbons (Fsp3) is 0.756. The predicted molar refractivity (Wildman–Crippen MR) is 444 cm³/mol. The molecule has 0 fully saturated rings. The van der Waals surface area contributed by atoms with Crippen LogP contribution in [0.25, 0.3) is 51.4 Å². The quantitative estimate of drug-likeness (QED) is 0.0357. The number of rotatable bonds is 64. The Labute approximate surface area is 628 Å². The second-order valence-electron chi connectivity index (χ2n) is 31.3. The van der Waals surface area contributed by atoms with Crippen molar-refractivity contribution in [2.45, 2.75) is 437 Å². The molecule has 0 aliphatic carbocycles. The molecule has 0 amide bonds. The largest absolute Gasteiger partial charge is 0.481 e. The van der Waals surface area contributed by atoms with Crippen LogP contribution in [0.2, 0.25) is 0 Å². The van der Waals surface area contributed by atoms with Gasteiger partial charge in [0.25, 0.3) is 0 Å². The van der Waals surface area contributed by atoms with Gasteiger partial charge in [-0.3, -0.25) is 0 Å². The van der Waals surface area contributed by atoms with Gasteiger partial charge in [0.1, 0.15) is 33.7 Å². The van der Waals surface area contributed by atoms with Crippen molar-refractivity contribution in [3.05, 3.63) is 58.3 Å². The number of hydrogen-bond donors (Lipinski definition) is 0. The van der Waals surface area contributed by atoms with Crippen molar-refractivity contribution >= 4 is 68.1 Å². The van der Waals surface area contributed by atoms with E-state index >= 15 is 0 Å². The summed E-state index contributed by atoms with van der Waals surface area (Å²) in [6, 6.07) is 14.6. The summed E-state index contributed by atoms with van der Waals surface area (Å²) in [4.78, 5) is 8.14. The summed E-state index contributed by atoms with van der Waals surface area (Å²) >= 11 is 9.12. The van der Waals surface area contributed by atoms with Crippen molar-refractivity contribution in [1.29, 1.82) is 0 Å². The van der Waals surface area contributed by atoms with Crippen LogP contribution in [0, 0.1) is 0 Å². The fourth-order valence-corrected chi connectivity index (χ4v) is 21.8. The van der Waals surface area contributed by atoms with Crippen LogP contribution in [-0.4, -0.2) is 8.75 Å². The Kier molecular flexibility index (Phi) is 41.5. The summed E-state index contributed by atoms with van der Waals surface area (Å²) in [7, 11) is 0. The minimum Gasteiger partial charge on any atom is -0.481 e. The molecular formula is C90H144N2O2S5. The highest BCUT2D eigenvalue weighted by atomic mass is 32.1. The lowest BCUT2D eigenvalue weighted by atomic mass is 9.81. The zero-order chi connectivity index (χ0) is 68.9. The van der Waals surface area contributed by atoms with Gasteiger partial charge in [-0.2, -0.15) is 8.75 Å². The summed E-state index contributed by atoms with van der Waals surface area (Å²) in [6.07, 6.45) is 84.8. The van der Waals surface area contributed by atoms with Gasteiger partial charge in [-0.25, -0.2) is 0 Å². The van der Waals surface area contributed by atoms with Crippen molar-refractivity contribution < 1.29 is 9.47 Å². The van der Waals surface area contributed by atoms with Gasteiger partial charge in [0.05, 0.1) is 31.2 Å². The van der Waals surface area contributed by atoms with Crippen LogP contribution in [0.15, 0.2) is 47.2 Å². The van der Waals surface area contributed by atoms with Crippen molar-refractivity contribution in [2.24, 2.45) is 0 Å². The Bertz CT molecular complexity index is 2910. The summed E-state index contributed by atoms with van der Waals surface area (Å²) in [5, 5.41) is 4.56. The average Bonchev–Trinajstić information content (AvgIpc) is 1.62. The highest BCUT2D eigenvalue weighted by Crippen LogP contribution is 2.59. The summed E-state index contributed by atoms with van der Waals surface area (Å²) in [5.41, 5.74) is 6.82. The van der Waals surface area contributed by atoms with E-state index in [0.29, 0.717) is 0 Å². The molecule has 556 valence electrons. The maximum Gasteiger partial charge on any atom is 0.140 e. The second-order valence-corrected chi connectivity index (χ2v) is 35.8. The maximum absolute atomic E-state index is 7.53. The summed E-state index contributed by atoms with van der Waals surface area (Å²) < 4.78 is 25.5. The van der Waals surface area contributed by atoms with E-state index in [4.69, 9.17) is 18.2 Å². The molecule has 0 bridgehead atoms. The van der Waals surface area contributed by atoms with E-state index in [-0.39, 0.29) is 11.2 Å². The Balaban J connectivity index is 0.943. The van der Waals surface area contributed by atoms with E-state index in [1.165, 1.54) is 436 Å². The molecule has 99 heavy (non-hydrogen) atoms. The molecule has 8 rings (SSSR count). The van der Waals surface area contributed by atoms with Gasteiger partial charge < -0.3 is 9.47 Å². The lowest BCUT2D eigenvalue weighted by molar-refractivity contribution is 0.0395. The molecule has 0 spiro atoms. The minimum absolute atomic E-state index is 0.309. The van der Waals surface area contributed by atoms with Gasteiger partial charge in [-0.05, 0) is 86.4 Å². The van der Waals surface area contributed by atoms with E-state index < -0.39 is 0 Å². The molecule has 7 heterocycles. The molecule has 9 heteroatoms. The number of ether oxygens (including phenoxy) is 2. The van der Waals surface area contributed by atoms with Gasteiger partial charge >= 0.3 is 0 Å². The van der Waals surface area contributed by atoms with Crippen molar-refractivity contribution in [3.8, 4) is 51.9 Å². The van der Waals surface area contributed by atoms with Crippen LogP contribution in [0.1, 0.15) is 437 Å². The zero-order valence-corrected chi connectivity index (χ0v) is 68.3. The van der Waals surface area contributed by atoms with Gasteiger partial charge in [-0.15, -0.1) is 45.3 Å². The topological polar surface area (TPSA) is 44.2 Å². The third-order valence-electron chi connectivity index (χ3n) is 22.9. The fourth-order valence-electron chi connectivity index (χ4n) is 16.7. The Hall–Kier alpha value is -2.56. The van der Waals surface area contributed by atoms with Crippen LogP contribution >= 0.6 is 57.1 Å². The molecule has 6 aromatic rings. The number of aromatic nitrogens is 2. The van der Waals surface area contributed by atoms with E-state index in [1.54, 1.807) is 0 Å². The molecule has 0 N–H and O–H groups in total. The summed E-state index contributed by atoms with van der Waals surface area (Å²) in [5.74, 6) is 2.23. The summed E-state index contributed by atoms with van der Waals surface area (Å²) in [6.45, 7) is 9.29. The van der Waals surface area contributed by atoms with Crippen molar-refractivity contribution in [3.63, 3.8) is 0 Å². The first-order chi connectivity index (χ1) is 49.0. The first-order valence-electron chi connectivity index (χ1n) is 43.1. The number of fused-ring (bicyclic) bond motifs is 7. The van der Waals surface area contributed by atoms with Crippen LogP contribution in [-0.2, 0) is 11.2 Å². The smallest absolute Gasteiger partial charge is 0.140 e. The molecule has 4 nitrogen and oxygen atoms in total. The van der Waals surface area contributed by atoms with E-state index in [1.807, 2.05) is 45.3 Å². The number of thiophene rings is 4. The normalized spacial score (nSPS) is 13.7. The third kappa shape index (κ3) is 28.0. The number of hydrogen-bond acceptors (Lipinski definition) is 9. The van der Waals surface area contributed by atoms with Crippen molar-refractivity contribution in [2.75, 3.05) is 0 Å². The molecular weight excluding hydrogens is 1300 g/mol. The molecule has 0 unspecified atom stereocenters. The van der Waals surface area contributed by atoms with Crippen LogP contribution < -0.4 is 9.47 Å². The highest BCUT2D eigenvalue weighted by molar-refractivity contribution is 7.24. The van der Waals surface area contributed by atoms with Crippen LogP contribution in [0.5, 0.6) is 11.5 Å². The highest BCUT2D eigenvalue weighted by Gasteiger charge is 2.44. The molecule has 0 radical (unpaired) electrons. The minimum atomic E-state index is -0.311. The van der Waals surface area contributed by atoms with Gasteiger partial charge in [0.15, 0.2) is 0 Å². The lowest BCUT2D eigenvalue weighted by Crippen LogP contribution is -2.35. The first-order valence-corrected chi connectivity index (χ1v) is 47.2. The monoisotopic (exact) mass is 1440 g/mol. The lowest BCUT2D eigenvalue weighted by Gasteiger charge is -2.38. The van der Waals surface area contributed by atoms with E-state index in [9.17, 15) is 0 Å². The molecule has 0 saturated carbocycles. The van der Waals surface area contributed by atoms with Gasteiger partial charge in [-0.1, -0.05) is 387 Å². The second kappa shape index (κ2) is 50.0. The van der Waals surface area contributed by atoms with Gasteiger partial charge in [0, 0.05) is 32.0 Å². The molecule has 0 atom stereocenters. The van der Waals surface area contributed by atoms with Crippen LogP contribution in [0.4, 0.5) is 0 Å². The molecule has 0 saturated heterocycles. The maximum atomic E-state index is 7.53. The Morgan fingerprint density at radius 2 is 0.495 bits per heavy atom. The molecule has 5 aromatic heterocycles. The predicted octanol–water partition coefficient (Wildman–Crippen LogP) is 34.0. The van der Waals surface area contributed by atoms with E-state index in [0.717, 1.165) is 48.2 Å². The number of benzene rings is 1. The Morgan fingerprint density at radius 1 is 0.273 bits per heavy atom. The standard InChI is InChI=1S/C90H144N2O2S5/c1-5-9-13-17-21-25-29-33-35-37-41-45-49-53-57-61-69-90(70-62-58-54-50-46-42-38-36-34-30-26-22-18-14-10-6-2)78-74-82(98-86(78)88-80(94-90)66-72-96-88)76-64-63-75(83-84(76)92-99-91-83)81-73-77-85(97-81)87-79(65-71-95-87)93-89(77,67-59-55-51-47-43-39-31-27-23-19-15-11-7-3)68-60-56-52-48-44-40-32-28-24-20-16-12-8-4/h63-66,71-74H,5-62,67-70H2,1-4H3. The SMILES string of the molecule is CCCCCCCCCCCCCCCCCCC1(CCCCCCCCCCCCCCCCCC)Oc2ccsc2-c2sc(-c3ccc(-c4cc5c(s4)-c4sccc4OC5(CCCCCCCCCCCCCCC)CCCCCCCCCCCCCCC)c4nsnc34)cc21. The molecule has 2 aliphatic heterocycles. The molecule has 2 aliphatic rings. The first kappa shape index (κ1) is 82.1. The zero-order valence-electron chi connectivity index (χ0n) is 64.2. The van der Waals surface area contributed by atoms with E-state index in [2.05, 4.69) is 74.9 Å².